The van der Waals surface area contributed by atoms with Crippen LogP contribution in [0.3, 0.4) is 0 Å². The van der Waals surface area contributed by atoms with E-state index in [-0.39, 0.29) is 20.5 Å². The first kappa shape index (κ1) is 43.2. The predicted octanol–water partition coefficient (Wildman–Crippen LogP) is 7.08. The minimum atomic E-state index is -4.60. The zero-order valence-corrected chi connectivity index (χ0v) is 28.9. The van der Waals surface area contributed by atoms with Gasteiger partial charge in [0.2, 0.25) is 0 Å². The number of carboxylic acids is 3. The quantitative estimate of drug-likeness (QED) is 0.121. The highest BCUT2D eigenvalue weighted by molar-refractivity contribution is 14.1. The standard InChI is InChI=1S/2C10H6F3N3O2.C8H4F3IO2.C3H4N2/c11-10(12,13)6-1-2-8(7(5-6)9(17)18)16-4-3-14-15-16;11-10(12,13)6-1-2-8(7(5-6)9(17)18)16-14-3-4-15-16;9-8(10,11)4-1-2-6(12)5(3-4)7(13)14;1-2-5-3-4-1/h2*1-5H,(H,17,18);1-3H,(H,13,14);1-2H,3H2. The van der Waals surface area contributed by atoms with Gasteiger partial charge in [0.05, 0.1) is 63.9 Å². The first-order chi connectivity index (χ1) is 25.6. The van der Waals surface area contributed by atoms with Crippen molar-refractivity contribution >= 4 is 52.9 Å². The van der Waals surface area contributed by atoms with Crippen molar-refractivity contribution in [1.29, 1.82) is 0 Å². The van der Waals surface area contributed by atoms with Crippen LogP contribution < -0.4 is 0 Å². The van der Waals surface area contributed by atoms with Crippen LogP contribution >= 0.6 is 22.6 Å². The molecule has 0 bridgehead atoms. The highest BCUT2D eigenvalue weighted by Gasteiger charge is 2.34. The first-order valence-corrected chi connectivity index (χ1v) is 15.4. The molecule has 3 N–H and O–H groups in total. The molecule has 0 saturated carbocycles. The number of aromatic carboxylic acids is 3. The van der Waals surface area contributed by atoms with Gasteiger partial charge in [0.1, 0.15) is 12.4 Å². The molecule has 55 heavy (non-hydrogen) atoms. The van der Waals surface area contributed by atoms with Crippen LogP contribution in [0.4, 0.5) is 39.5 Å². The van der Waals surface area contributed by atoms with Crippen molar-refractivity contribution in [2.75, 3.05) is 6.67 Å². The van der Waals surface area contributed by atoms with E-state index in [0.29, 0.717) is 24.9 Å². The number of aliphatic imine (C=N–C) groups is 2. The first-order valence-electron chi connectivity index (χ1n) is 14.3. The third kappa shape index (κ3) is 12.4. The minimum Gasteiger partial charge on any atom is -0.478 e. The van der Waals surface area contributed by atoms with Crippen molar-refractivity contribution in [2.45, 2.75) is 18.5 Å². The number of nitrogens with zero attached hydrogens (tertiary/aromatic N) is 8. The Morgan fingerprint density at radius 3 is 1.40 bits per heavy atom. The van der Waals surface area contributed by atoms with Crippen LogP contribution in [0.5, 0.6) is 0 Å². The average molecular weight is 898 g/mol. The summed E-state index contributed by atoms with van der Waals surface area (Å²) in [7, 11) is 0. The lowest BCUT2D eigenvalue weighted by molar-refractivity contribution is -0.138. The third-order valence-corrected chi connectivity index (χ3v) is 7.32. The van der Waals surface area contributed by atoms with E-state index < -0.39 is 64.3 Å². The van der Waals surface area contributed by atoms with Crippen molar-refractivity contribution in [3.05, 3.63) is 116 Å². The Kier molecular flexibility index (Phi) is 14.3. The van der Waals surface area contributed by atoms with Gasteiger partial charge >= 0.3 is 36.4 Å². The van der Waals surface area contributed by atoms with Gasteiger partial charge < -0.3 is 15.3 Å². The predicted molar refractivity (Wildman–Crippen MR) is 180 cm³/mol. The number of rotatable bonds is 5. The smallest absolute Gasteiger partial charge is 0.416 e. The van der Waals surface area contributed by atoms with Gasteiger partial charge in [0, 0.05) is 16.0 Å². The fraction of sp³-hybridized carbons (Fsp3) is 0.129. The Morgan fingerprint density at radius 1 is 0.600 bits per heavy atom. The average Bonchev–Trinajstić information content (AvgIpc) is 3.93. The van der Waals surface area contributed by atoms with E-state index in [1.54, 1.807) is 35.0 Å². The van der Waals surface area contributed by atoms with E-state index >= 15 is 0 Å². The zero-order valence-electron chi connectivity index (χ0n) is 26.8. The number of benzene rings is 3. The largest absolute Gasteiger partial charge is 0.478 e. The highest BCUT2D eigenvalue weighted by Crippen LogP contribution is 2.33. The molecule has 0 fully saturated rings. The topological polar surface area (TPSA) is 198 Å². The summed E-state index contributed by atoms with van der Waals surface area (Å²) < 4.78 is 113. The lowest BCUT2D eigenvalue weighted by Crippen LogP contribution is -2.12. The molecule has 3 heterocycles. The van der Waals surface area contributed by atoms with Crippen LogP contribution in [0.15, 0.2) is 89.4 Å². The number of halogens is 10. The van der Waals surface area contributed by atoms with Crippen LogP contribution in [-0.2, 0) is 18.5 Å². The maximum absolute atomic E-state index is 12.5. The summed E-state index contributed by atoms with van der Waals surface area (Å²) >= 11 is 1.67. The second-order valence-electron chi connectivity index (χ2n) is 10.0. The van der Waals surface area contributed by atoms with Gasteiger partial charge in [-0.05, 0) is 77.2 Å². The number of alkyl halides is 9. The van der Waals surface area contributed by atoms with E-state index in [0.717, 1.165) is 45.9 Å². The van der Waals surface area contributed by atoms with Gasteiger partial charge in [-0.2, -0.15) is 54.5 Å². The molecule has 5 aromatic rings. The van der Waals surface area contributed by atoms with Crippen LogP contribution in [0.2, 0.25) is 0 Å². The molecule has 14 nitrogen and oxygen atoms in total. The van der Waals surface area contributed by atoms with Gasteiger partial charge in [-0.1, -0.05) is 5.21 Å². The SMILES string of the molecule is C1=NCN=C1.O=C(O)c1cc(C(F)(F)F)ccc1-n1ccnn1.O=C(O)c1cc(C(F)(F)F)ccc1-n1nccn1.O=C(O)c1cc(C(F)(F)F)ccc1I. The Hall–Kier alpha value is -6.21. The van der Waals surface area contributed by atoms with E-state index in [9.17, 15) is 53.9 Å². The summed E-state index contributed by atoms with van der Waals surface area (Å²) in [5.74, 6) is -4.31. The Labute approximate surface area is 314 Å². The number of hydrogen-bond acceptors (Lipinski definition) is 9. The molecule has 290 valence electrons. The molecule has 0 aliphatic carbocycles. The molecular weight excluding hydrogens is 878 g/mol. The van der Waals surface area contributed by atoms with Crippen molar-refractivity contribution < 1.29 is 69.2 Å². The maximum Gasteiger partial charge on any atom is 0.416 e. The van der Waals surface area contributed by atoms with Gasteiger partial charge in [-0.3, -0.25) is 9.98 Å². The van der Waals surface area contributed by atoms with Gasteiger partial charge in [0.15, 0.2) is 0 Å². The lowest BCUT2D eigenvalue weighted by atomic mass is 10.1. The molecule has 2 aromatic heterocycles. The Morgan fingerprint density at radius 2 is 1.02 bits per heavy atom. The maximum atomic E-state index is 12.5. The van der Waals surface area contributed by atoms with Crippen LogP contribution in [-0.4, -0.2) is 82.3 Å². The summed E-state index contributed by atoms with van der Waals surface area (Å²) in [5.41, 5.74) is -4.35. The summed E-state index contributed by atoms with van der Waals surface area (Å²) in [5, 5.41) is 40.8. The van der Waals surface area contributed by atoms with Crippen molar-refractivity contribution in [3.63, 3.8) is 0 Å². The molecule has 24 heteroatoms. The number of hydrogen-bond donors (Lipinski definition) is 3. The fourth-order valence-corrected chi connectivity index (χ4v) is 4.49. The van der Waals surface area contributed by atoms with Crippen molar-refractivity contribution in [2.24, 2.45) is 9.98 Å². The second-order valence-corrected chi connectivity index (χ2v) is 11.2. The molecule has 1 aliphatic rings. The molecule has 0 saturated heterocycles. The van der Waals surface area contributed by atoms with Crippen LogP contribution in [0, 0.1) is 3.57 Å². The summed E-state index contributed by atoms with van der Waals surface area (Å²) in [6.07, 6.45) is -5.08. The van der Waals surface area contributed by atoms with Gasteiger partial charge in [-0.25, -0.2) is 19.1 Å². The summed E-state index contributed by atoms with van der Waals surface area (Å²) in [6, 6.07) is 7.38. The van der Waals surface area contributed by atoms with Crippen molar-refractivity contribution in [3.8, 4) is 11.4 Å². The Balaban J connectivity index is 0.000000209. The molecule has 6 rings (SSSR count). The van der Waals surface area contributed by atoms with E-state index in [1.807, 2.05) is 0 Å². The lowest BCUT2D eigenvalue weighted by Gasteiger charge is -2.10. The van der Waals surface area contributed by atoms with E-state index in [1.165, 1.54) is 24.8 Å². The molecule has 3 aromatic carbocycles. The van der Waals surface area contributed by atoms with Crippen LogP contribution in [0.1, 0.15) is 47.8 Å². The third-order valence-electron chi connectivity index (χ3n) is 6.38. The van der Waals surface area contributed by atoms with E-state index in [2.05, 4.69) is 30.5 Å². The molecule has 0 unspecified atom stereocenters. The number of carbonyl (C=O) groups is 3. The Bertz CT molecular complexity index is 2060. The molecular formula is C31H20F9IN8O6. The van der Waals surface area contributed by atoms with Crippen LogP contribution in [0.25, 0.3) is 11.4 Å². The van der Waals surface area contributed by atoms with Gasteiger partial charge in [-0.15, -0.1) is 5.10 Å². The fourth-order valence-electron chi connectivity index (χ4n) is 3.92. The molecule has 0 amide bonds. The minimum absolute atomic E-state index is 0.0213. The molecule has 0 spiro atoms. The monoisotopic (exact) mass is 898 g/mol. The van der Waals surface area contributed by atoms with E-state index in [4.69, 9.17) is 15.3 Å². The summed E-state index contributed by atoms with van der Waals surface area (Å²) in [6.45, 7) is 0.639. The van der Waals surface area contributed by atoms with Crippen molar-refractivity contribution in [1.82, 2.24) is 30.0 Å². The number of carboxylic acid groups (broad SMARTS) is 3. The number of aromatic nitrogens is 6. The highest BCUT2D eigenvalue weighted by atomic mass is 127. The molecule has 0 atom stereocenters. The normalized spacial score (nSPS) is 12.0. The summed E-state index contributed by atoms with van der Waals surface area (Å²) in [4.78, 5) is 40.9. The zero-order chi connectivity index (χ0) is 41.1. The van der Waals surface area contributed by atoms with Gasteiger partial charge in [0.25, 0.3) is 0 Å². The molecule has 1 aliphatic heterocycles. The molecule has 0 radical (unpaired) electrons. The second kappa shape index (κ2) is 18.2.